The van der Waals surface area contributed by atoms with E-state index in [-0.39, 0.29) is 17.8 Å². The normalized spacial score (nSPS) is 22.0. The number of anilines is 1. The number of H-pyrrole nitrogens is 1. The molecule has 2 fully saturated rings. The summed E-state index contributed by atoms with van der Waals surface area (Å²) in [7, 11) is 1.70. The van der Waals surface area contributed by atoms with Crippen molar-refractivity contribution in [2.24, 2.45) is 18.9 Å². The van der Waals surface area contributed by atoms with Crippen LogP contribution < -0.4 is 11.0 Å². The highest BCUT2D eigenvalue weighted by Gasteiger charge is 2.47. The van der Waals surface area contributed by atoms with E-state index in [4.69, 9.17) is 0 Å². The molecule has 1 saturated carbocycles. The van der Waals surface area contributed by atoms with Crippen LogP contribution in [-0.2, 0) is 7.05 Å². The number of hydrogen-bond donors (Lipinski definition) is 2. The number of hydrogen-bond acceptors (Lipinski definition) is 4. The number of aromatic amines is 1. The maximum absolute atomic E-state index is 13.1. The third kappa shape index (κ3) is 2.85. The van der Waals surface area contributed by atoms with Crippen molar-refractivity contribution in [3.05, 3.63) is 52.8 Å². The number of likely N-dealkylation sites (tertiary alicyclic amines) is 1. The lowest BCUT2D eigenvalue weighted by molar-refractivity contribution is 0.191. The number of urea groups is 1. The Morgan fingerprint density at radius 1 is 1.21 bits per heavy atom. The molecule has 28 heavy (non-hydrogen) atoms. The molecule has 1 aliphatic carbocycles. The molecule has 3 aromatic rings. The van der Waals surface area contributed by atoms with Crippen molar-refractivity contribution in [2.75, 3.05) is 11.9 Å². The Labute approximate surface area is 161 Å². The standard InChI is InChI=1S/C20H22N6O2/c1-25-18(23-24-20(25)28)17-15(12-6-7-12)8-9-26(17)19(27)22-16-10-13-4-2-3-5-14(13)11-21-16/h2-5,10-12,15,17H,6-9H2,1H3,(H,24,28)(H,21,22,27). The van der Waals surface area contributed by atoms with E-state index in [9.17, 15) is 9.59 Å². The number of nitrogens with one attached hydrogen (secondary N) is 2. The minimum atomic E-state index is -0.256. The summed E-state index contributed by atoms with van der Waals surface area (Å²) in [5, 5.41) is 11.7. The Kier molecular flexibility index (Phi) is 3.92. The molecule has 5 rings (SSSR count). The summed E-state index contributed by atoms with van der Waals surface area (Å²) in [5.41, 5.74) is -0.256. The van der Waals surface area contributed by atoms with Gasteiger partial charge in [-0.2, -0.15) is 5.10 Å². The van der Waals surface area contributed by atoms with Gasteiger partial charge in [-0.25, -0.2) is 19.7 Å². The highest BCUT2D eigenvalue weighted by molar-refractivity contribution is 5.92. The molecule has 0 spiro atoms. The lowest BCUT2D eigenvalue weighted by Crippen LogP contribution is -2.37. The van der Waals surface area contributed by atoms with Gasteiger partial charge in [-0.3, -0.25) is 9.88 Å². The van der Waals surface area contributed by atoms with E-state index in [0.29, 0.717) is 30.0 Å². The summed E-state index contributed by atoms with van der Waals surface area (Å²) in [4.78, 5) is 31.2. The fourth-order valence-electron chi connectivity index (χ4n) is 4.35. The highest BCUT2D eigenvalue weighted by Crippen LogP contribution is 2.49. The van der Waals surface area contributed by atoms with E-state index < -0.39 is 0 Å². The Balaban J connectivity index is 1.43. The average Bonchev–Trinajstić information content (AvgIpc) is 3.38. The van der Waals surface area contributed by atoms with Crippen LogP contribution in [0.5, 0.6) is 0 Å². The fourth-order valence-corrected chi connectivity index (χ4v) is 4.35. The van der Waals surface area contributed by atoms with Crippen LogP contribution in [0.3, 0.4) is 0 Å². The zero-order valence-electron chi connectivity index (χ0n) is 15.6. The molecule has 1 aromatic carbocycles. The van der Waals surface area contributed by atoms with Crippen LogP contribution in [0.2, 0.25) is 0 Å². The van der Waals surface area contributed by atoms with Crippen molar-refractivity contribution in [1.29, 1.82) is 0 Å². The molecule has 2 unspecified atom stereocenters. The molecule has 8 nitrogen and oxygen atoms in total. The Hall–Kier alpha value is -3.16. The van der Waals surface area contributed by atoms with E-state index in [2.05, 4.69) is 20.5 Å². The number of amides is 2. The summed E-state index contributed by atoms with van der Waals surface area (Å²) >= 11 is 0. The third-order valence-electron chi connectivity index (χ3n) is 5.98. The molecule has 3 heterocycles. The summed E-state index contributed by atoms with van der Waals surface area (Å²) in [6.45, 7) is 0.645. The minimum Gasteiger partial charge on any atom is -0.314 e. The predicted molar refractivity (Wildman–Crippen MR) is 105 cm³/mol. The summed E-state index contributed by atoms with van der Waals surface area (Å²) in [6, 6.07) is 9.38. The first kappa shape index (κ1) is 17.0. The molecular weight excluding hydrogens is 356 g/mol. The van der Waals surface area contributed by atoms with Crippen molar-refractivity contribution in [3.63, 3.8) is 0 Å². The van der Waals surface area contributed by atoms with Gasteiger partial charge in [-0.15, -0.1) is 0 Å². The summed E-state index contributed by atoms with van der Waals surface area (Å²) in [5.74, 6) is 2.09. The van der Waals surface area contributed by atoms with Gasteiger partial charge in [0.05, 0.1) is 6.04 Å². The smallest absolute Gasteiger partial charge is 0.314 e. The minimum absolute atomic E-state index is 0.197. The number of carbonyl (C=O) groups is 1. The lowest BCUT2D eigenvalue weighted by Gasteiger charge is -2.27. The van der Waals surface area contributed by atoms with Crippen molar-refractivity contribution >= 4 is 22.6 Å². The van der Waals surface area contributed by atoms with Gasteiger partial charge in [-0.1, -0.05) is 24.3 Å². The average molecular weight is 378 g/mol. The molecule has 0 radical (unpaired) electrons. The van der Waals surface area contributed by atoms with Gasteiger partial charge >= 0.3 is 11.7 Å². The molecule has 1 aliphatic heterocycles. The van der Waals surface area contributed by atoms with Crippen molar-refractivity contribution in [1.82, 2.24) is 24.6 Å². The molecule has 2 aromatic heterocycles. The number of aromatic nitrogens is 4. The fraction of sp³-hybridized carbons (Fsp3) is 0.400. The quantitative estimate of drug-likeness (QED) is 0.732. The van der Waals surface area contributed by atoms with Gasteiger partial charge in [0.15, 0.2) is 5.82 Å². The predicted octanol–water partition coefficient (Wildman–Crippen LogP) is 2.66. The molecule has 2 aliphatic rings. The summed E-state index contributed by atoms with van der Waals surface area (Å²) in [6.07, 6.45) is 5.05. The van der Waals surface area contributed by atoms with Crippen LogP contribution in [0.15, 0.2) is 41.3 Å². The zero-order chi connectivity index (χ0) is 19.3. The van der Waals surface area contributed by atoms with Crippen LogP contribution in [0, 0.1) is 11.8 Å². The number of rotatable bonds is 3. The van der Waals surface area contributed by atoms with Crippen LogP contribution >= 0.6 is 0 Å². The molecule has 1 saturated heterocycles. The van der Waals surface area contributed by atoms with Crippen LogP contribution in [0.25, 0.3) is 10.8 Å². The van der Waals surface area contributed by atoms with Gasteiger partial charge in [-0.05, 0) is 42.6 Å². The molecular formula is C20H22N6O2. The second-order valence-corrected chi connectivity index (χ2v) is 7.72. The topological polar surface area (TPSA) is 95.9 Å². The highest BCUT2D eigenvalue weighted by atomic mass is 16.2. The number of fused-ring (bicyclic) bond motifs is 1. The molecule has 0 bridgehead atoms. The van der Waals surface area contributed by atoms with Gasteiger partial charge < -0.3 is 4.90 Å². The summed E-state index contributed by atoms with van der Waals surface area (Å²) < 4.78 is 1.51. The van der Waals surface area contributed by atoms with Gasteiger partial charge in [0.1, 0.15) is 5.82 Å². The van der Waals surface area contributed by atoms with E-state index in [1.165, 1.54) is 17.4 Å². The van der Waals surface area contributed by atoms with Crippen LogP contribution in [0.4, 0.5) is 10.6 Å². The molecule has 2 atom stereocenters. The molecule has 8 heteroatoms. The first-order chi connectivity index (χ1) is 13.6. The van der Waals surface area contributed by atoms with Crippen LogP contribution in [-0.4, -0.2) is 37.2 Å². The number of carbonyl (C=O) groups excluding carboxylic acids is 1. The first-order valence-electron chi connectivity index (χ1n) is 9.65. The van der Waals surface area contributed by atoms with Crippen molar-refractivity contribution in [2.45, 2.75) is 25.3 Å². The third-order valence-corrected chi connectivity index (χ3v) is 5.98. The number of pyridine rings is 1. The second kappa shape index (κ2) is 6.47. The van der Waals surface area contributed by atoms with Gasteiger partial charge in [0.2, 0.25) is 0 Å². The largest absolute Gasteiger partial charge is 0.343 e. The van der Waals surface area contributed by atoms with Gasteiger partial charge in [0.25, 0.3) is 0 Å². The zero-order valence-corrected chi connectivity index (χ0v) is 15.6. The van der Waals surface area contributed by atoms with Crippen molar-refractivity contribution in [3.8, 4) is 0 Å². The maximum Gasteiger partial charge on any atom is 0.343 e. The molecule has 2 amide bonds. The van der Waals surface area contributed by atoms with Crippen LogP contribution in [0.1, 0.15) is 31.1 Å². The van der Waals surface area contributed by atoms with Gasteiger partial charge in [0, 0.05) is 25.2 Å². The van der Waals surface area contributed by atoms with E-state index in [1.54, 1.807) is 18.1 Å². The second-order valence-electron chi connectivity index (χ2n) is 7.72. The first-order valence-corrected chi connectivity index (χ1v) is 9.65. The maximum atomic E-state index is 13.1. The number of nitrogens with zero attached hydrogens (tertiary/aromatic N) is 4. The lowest BCUT2D eigenvalue weighted by atomic mass is 9.94. The van der Waals surface area contributed by atoms with E-state index >= 15 is 0 Å². The SMILES string of the molecule is Cn1c(C2C(C3CC3)CCN2C(=O)Nc2cc3ccccc3cn2)n[nH]c1=O. The monoisotopic (exact) mass is 378 g/mol. The Morgan fingerprint density at radius 2 is 2.00 bits per heavy atom. The van der Waals surface area contributed by atoms with Crippen molar-refractivity contribution < 1.29 is 4.79 Å². The molecule has 2 N–H and O–H groups in total. The Morgan fingerprint density at radius 3 is 2.71 bits per heavy atom. The van der Waals surface area contributed by atoms with E-state index in [0.717, 1.165) is 17.2 Å². The number of benzene rings is 1. The Bertz CT molecular complexity index is 1100. The molecule has 144 valence electrons. The van der Waals surface area contributed by atoms with E-state index in [1.807, 2.05) is 30.3 Å².